The molecular formula is C15H26N8O4. The van der Waals surface area contributed by atoms with Crippen LogP contribution < -0.4 is 27.8 Å². The van der Waals surface area contributed by atoms with Crippen LogP contribution in [0.5, 0.6) is 0 Å². The minimum atomic E-state index is -1.19. The summed E-state index contributed by atoms with van der Waals surface area (Å²) in [6.07, 6.45) is 3.82. The average molecular weight is 382 g/mol. The molecule has 12 heteroatoms. The van der Waals surface area contributed by atoms with Gasteiger partial charge in [-0.15, -0.1) is 0 Å². The van der Waals surface area contributed by atoms with E-state index < -0.39 is 35.9 Å². The van der Waals surface area contributed by atoms with Gasteiger partial charge in [-0.25, -0.2) is 4.98 Å². The van der Waals surface area contributed by atoms with Crippen LogP contribution in [0.4, 0.5) is 0 Å². The van der Waals surface area contributed by atoms with E-state index in [0.717, 1.165) is 0 Å². The van der Waals surface area contributed by atoms with Gasteiger partial charge in [0.25, 0.3) is 0 Å². The molecule has 0 aliphatic heterocycles. The topological polar surface area (TPSA) is 215 Å². The van der Waals surface area contributed by atoms with Gasteiger partial charge in [0.2, 0.25) is 11.8 Å². The predicted molar refractivity (Wildman–Crippen MR) is 97.3 cm³/mol. The lowest BCUT2D eigenvalue weighted by molar-refractivity contribution is -0.141. The van der Waals surface area contributed by atoms with Gasteiger partial charge >= 0.3 is 5.97 Å². The van der Waals surface area contributed by atoms with Crippen LogP contribution in [0.3, 0.4) is 0 Å². The lowest BCUT2D eigenvalue weighted by Crippen LogP contribution is -2.54. The molecule has 0 bridgehead atoms. The number of guanidine groups is 1. The summed E-state index contributed by atoms with van der Waals surface area (Å²) in [6, 6.07) is -2.98. The second-order valence-corrected chi connectivity index (χ2v) is 5.97. The van der Waals surface area contributed by atoms with Crippen LogP contribution in [0.25, 0.3) is 0 Å². The molecule has 0 unspecified atom stereocenters. The number of imidazole rings is 1. The monoisotopic (exact) mass is 382 g/mol. The number of carboxylic acids is 1. The molecule has 0 aliphatic carbocycles. The van der Waals surface area contributed by atoms with Crippen molar-refractivity contribution in [3.63, 3.8) is 0 Å². The molecule has 0 aliphatic rings. The number of aliphatic carboxylic acids is 1. The molecule has 1 heterocycles. The van der Waals surface area contributed by atoms with Crippen LogP contribution in [0.15, 0.2) is 17.5 Å². The van der Waals surface area contributed by atoms with Gasteiger partial charge in [0.1, 0.15) is 12.1 Å². The third-order valence-electron chi connectivity index (χ3n) is 3.64. The average Bonchev–Trinajstić information content (AvgIpc) is 3.09. The first-order valence-corrected chi connectivity index (χ1v) is 8.32. The number of H-pyrrole nitrogens is 1. The number of rotatable bonds is 11. The van der Waals surface area contributed by atoms with E-state index in [2.05, 4.69) is 25.6 Å². The number of nitrogens with zero attached hydrogens (tertiary/aromatic N) is 2. The molecule has 2 amide bonds. The third kappa shape index (κ3) is 8.18. The second-order valence-electron chi connectivity index (χ2n) is 5.97. The first-order valence-electron chi connectivity index (χ1n) is 8.32. The number of carboxylic acid groups (broad SMARTS) is 1. The second kappa shape index (κ2) is 10.8. The quantitative estimate of drug-likeness (QED) is 0.122. The Kier molecular flexibility index (Phi) is 8.72. The number of nitrogens with one attached hydrogen (secondary N) is 3. The zero-order valence-electron chi connectivity index (χ0n) is 15.0. The summed E-state index contributed by atoms with van der Waals surface area (Å²) in [4.78, 5) is 46.0. The van der Waals surface area contributed by atoms with E-state index in [-0.39, 0.29) is 25.3 Å². The van der Waals surface area contributed by atoms with Gasteiger partial charge < -0.3 is 37.9 Å². The number of aromatic nitrogens is 2. The number of aromatic amines is 1. The highest BCUT2D eigenvalue weighted by Crippen LogP contribution is 2.02. The molecule has 27 heavy (non-hydrogen) atoms. The van der Waals surface area contributed by atoms with Crippen molar-refractivity contribution >= 4 is 23.7 Å². The Morgan fingerprint density at radius 2 is 2.00 bits per heavy atom. The number of nitrogens with two attached hydrogens (primary N) is 3. The third-order valence-corrected chi connectivity index (χ3v) is 3.64. The molecule has 0 fully saturated rings. The molecule has 150 valence electrons. The zero-order valence-corrected chi connectivity index (χ0v) is 15.0. The summed E-state index contributed by atoms with van der Waals surface area (Å²) in [5.74, 6) is -2.45. The zero-order chi connectivity index (χ0) is 20.4. The SMILES string of the molecule is C[C@H](NC(=O)[C@@H](CCCN=C(N)N)NC(=O)[C@H](N)Cc1cnc[nH]1)C(=O)O. The Labute approximate surface area is 156 Å². The smallest absolute Gasteiger partial charge is 0.325 e. The van der Waals surface area contributed by atoms with Crippen molar-refractivity contribution in [2.24, 2.45) is 22.2 Å². The van der Waals surface area contributed by atoms with Gasteiger partial charge in [-0.2, -0.15) is 0 Å². The van der Waals surface area contributed by atoms with E-state index >= 15 is 0 Å². The predicted octanol–water partition coefficient (Wildman–Crippen LogP) is -2.59. The van der Waals surface area contributed by atoms with Crippen molar-refractivity contribution < 1.29 is 19.5 Å². The maximum absolute atomic E-state index is 12.3. The number of carbonyl (C=O) groups excluding carboxylic acids is 2. The van der Waals surface area contributed by atoms with E-state index in [1.165, 1.54) is 13.3 Å². The molecule has 0 aromatic carbocycles. The number of hydrogen-bond donors (Lipinski definition) is 7. The lowest BCUT2D eigenvalue weighted by atomic mass is 10.1. The fourth-order valence-corrected chi connectivity index (χ4v) is 2.15. The summed E-state index contributed by atoms with van der Waals surface area (Å²) >= 11 is 0. The summed E-state index contributed by atoms with van der Waals surface area (Å²) in [6.45, 7) is 1.58. The summed E-state index contributed by atoms with van der Waals surface area (Å²) in [5, 5.41) is 13.8. The summed E-state index contributed by atoms with van der Waals surface area (Å²) < 4.78 is 0. The van der Waals surface area contributed by atoms with Gasteiger partial charge in [-0.3, -0.25) is 19.4 Å². The van der Waals surface area contributed by atoms with Crippen molar-refractivity contribution in [2.75, 3.05) is 6.54 Å². The van der Waals surface area contributed by atoms with E-state index in [0.29, 0.717) is 12.1 Å². The summed E-state index contributed by atoms with van der Waals surface area (Å²) in [5.41, 5.74) is 17.0. The van der Waals surface area contributed by atoms with Gasteiger partial charge in [0.15, 0.2) is 5.96 Å². The van der Waals surface area contributed by atoms with Gasteiger partial charge in [0, 0.05) is 24.9 Å². The maximum atomic E-state index is 12.3. The molecule has 1 aromatic rings. The molecule has 0 radical (unpaired) electrons. The molecule has 3 atom stereocenters. The minimum absolute atomic E-state index is 0.0823. The first-order chi connectivity index (χ1) is 12.7. The minimum Gasteiger partial charge on any atom is -0.480 e. The molecule has 0 saturated heterocycles. The van der Waals surface area contributed by atoms with Gasteiger partial charge in [0.05, 0.1) is 12.4 Å². The Balaban J connectivity index is 2.69. The number of aliphatic imine (C=N–C) groups is 1. The molecule has 0 spiro atoms. The van der Waals surface area contributed by atoms with E-state index in [4.69, 9.17) is 22.3 Å². The fraction of sp³-hybridized carbons (Fsp3) is 0.533. The maximum Gasteiger partial charge on any atom is 0.325 e. The molecule has 0 saturated carbocycles. The Bertz CT molecular complexity index is 657. The van der Waals surface area contributed by atoms with Crippen molar-refractivity contribution in [3.8, 4) is 0 Å². The van der Waals surface area contributed by atoms with Crippen LogP contribution in [0.1, 0.15) is 25.5 Å². The van der Waals surface area contributed by atoms with Crippen LogP contribution >= 0.6 is 0 Å². The molecule has 10 N–H and O–H groups in total. The summed E-state index contributed by atoms with van der Waals surface area (Å²) in [7, 11) is 0. The van der Waals surface area contributed by atoms with Crippen LogP contribution in [0, 0.1) is 0 Å². The first kappa shape index (κ1) is 21.9. The highest BCUT2D eigenvalue weighted by atomic mass is 16.4. The van der Waals surface area contributed by atoms with Crippen molar-refractivity contribution in [3.05, 3.63) is 18.2 Å². The Hall–Kier alpha value is -3.15. The highest BCUT2D eigenvalue weighted by Gasteiger charge is 2.26. The highest BCUT2D eigenvalue weighted by molar-refractivity contribution is 5.91. The lowest BCUT2D eigenvalue weighted by Gasteiger charge is -2.21. The number of amides is 2. The van der Waals surface area contributed by atoms with E-state index in [1.807, 2.05) is 0 Å². The normalized spacial score (nSPS) is 13.9. The van der Waals surface area contributed by atoms with Crippen LogP contribution in [-0.4, -0.2) is 63.5 Å². The van der Waals surface area contributed by atoms with Crippen LogP contribution in [0.2, 0.25) is 0 Å². The number of carbonyl (C=O) groups is 3. The van der Waals surface area contributed by atoms with E-state index in [9.17, 15) is 14.4 Å². The van der Waals surface area contributed by atoms with Gasteiger partial charge in [-0.05, 0) is 19.8 Å². The Morgan fingerprint density at radius 1 is 1.30 bits per heavy atom. The van der Waals surface area contributed by atoms with Gasteiger partial charge in [-0.1, -0.05) is 0 Å². The van der Waals surface area contributed by atoms with Crippen molar-refractivity contribution in [2.45, 2.75) is 44.3 Å². The molecule has 1 aromatic heterocycles. The number of hydrogen-bond acceptors (Lipinski definition) is 6. The van der Waals surface area contributed by atoms with Crippen molar-refractivity contribution in [1.82, 2.24) is 20.6 Å². The molecule has 1 rings (SSSR count). The largest absolute Gasteiger partial charge is 0.480 e. The standard InChI is InChI=1S/C15H26N8O4/c1-8(14(26)27)22-13(25)11(3-2-4-20-15(17)18)23-12(24)10(16)5-9-6-19-7-21-9/h6-8,10-11H,2-5,16H2,1H3,(H,19,21)(H,22,25)(H,23,24)(H,26,27)(H4,17,18,20)/t8-,10+,11+/m0/s1. The van der Waals surface area contributed by atoms with Crippen LogP contribution in [-0.2, 0) is 20.8 Å². The molecular weight excluding hydrogens is 356 g/mol. The van der Waals surface area contributed by atoms with Crippen molar-refractivity contribution in [1.29, 1.82) is 0 Å². The Morgan fingerprint density at radius 3 is 2.56 bits per heavy atom. The van der Waals surface area contributed by atoms with E-state index in [1.54, 1.807) is 6.20 Å². The molecule has 12 nitrogen and oxygen atoms in total. The fourth-order valence-electron chi connectivity index (χ4n) is 2.15.